The minimum atomic E-state index is 0.0542. The lowest BCUT2D eigenvalue weighted by atomic mass is 9.84. The molecule has 0 radical (unpaired) electrons. The standard InChI is InChI=1S/C21H28ClNO/c1-12(2)23-11-17(13(3)22)20-16-9-14(21(4,5)6)7-8-15(16)19(24)10-18(20)23/h7-10,12-13,17,24H,11H2,1-6H3. The van der Waals surface area contributed by atoms with E-state index in [0.717, 1.165) is 23.0 Å². The van der Waals surface area contributed by atoms with Gasteiger partial charge in [0, 0.05) is 41.0 Å². The zero-order valence-electron chi connectivity index (χ0n) is 15.5. The summed E-state index contributed by atoms with van der Waals surface area (Å²) in [7, 11) is 0. The first kappa shape index (κ1) is 17.4. The molecule has 0 saturated carbocycles. The number of rotatable bonds is 2. The Balaban J connectivity index is 2.34. The highest BCUT2D eigenvalue weighted by molar-refractivity contribution is 6.21. The molecule has 0 amide bonds. The van der Waals surface area contributed by atoms with Gasteiger partial charge in [0.05, 0.1) is 0 Å². The SMILES string of the molecule is CC(Cl)C1CN(C(C)C)c2cc(O)c3ccc(C(C)(C)C)cc3c21. The van der Waals surface area contributed by atoms with E-state index >= 15 is 0 Å². The third-order valence-electron chi connectivity index (χ3n) is 5.25. The Morgan fingerprint density at radius 1 is 1.12 bits per heavy atom. The molecule has 1 N–H and O–H groups in total. The number of phenols is 1. The molecule has 24 heavy (non-hydrogen) atoms. The lowest BCUT2D eigenvalue weighted by molar-refractivity contribution is 0.481. The van der Waals surface area contributed by atoms with Gasteiger partial charge < -0.3 is 10.0 Å². The lowest BCUT2D eigenvalue weighted by Crippen LogP contribution is -2.30. The third kappa shape index (κ3) is 2.75. The number of halogens is 1. The molecule has 2 aromatic rings. The van der Waals surface area contributed by atoms with Gasteiger partial charge in [-0.25, -0.2) is 0 Å². The van der Waals surface area contributed by atoms with Crippen LogP contribution in [0, 0.1) is 0 Å². The number of nitrogens with zero attached hydrogens (tertiary/aromatic N) is 1. The van der Waals surface area contributed by atoms with Crippen molar-refractivity contribution in [3.8, 4) is 5.75 Å². The zero-order chi connectivity index (χ0) is 17.8. The van der Waals surface area contributed by atoms with Gasteiger partial charge in [0.25, 0.3) is 0 Å². The van der Waals surface area contributed by atoms with Crippen molar-refractivity contribution in [2.45, 2.75) is 64.3 Å². The number of fused-ring (bicyclic) bond motifs is 3. The third-order valence-corrected chi connectivity index (χ3v) is 5.56. The molecule has 1 aliphatic heterocycles. The number of hydrogen-bond acceptors (Lipinski definition) is 2. The molecule has 3 rings (SSSR count). The van der Waals surface area contributed by atoms with Crippen LogP contribution in [-0.4, -0.2) is 23.1 Å². The Kier molecular flexibility index (Phi) is 4.24. The lowest BCUT2D eigenvalue weighted by Gasteiger charge is -2.25. The van der Waals surface area contributed by atoms with Crippen molar-refractivity contribution in [3.63, 3.8) is 0 Å². The maximum atomic E-state index is 10.6. The van der Waals surface area contributed by atoms with E-state index in [9.17, 15) is 5.11 Å². The molecule has 0 aliphatic carbocycles. The van der Waals surface area contributed by atoms with Gasteiger partial charge in [-0.2, -0.15) is 0 Å². The van der Waals surface area contributed by atoms with Crippen molar-refractivity contribution in [2.75, 3.05) is 11.4 Å². The van der Waals surface area contributed by atoms with E-state index in [4.69, 9.17) is 11.6 Å². The van der Waals surface area contributed by atoms with Crippen LogP contribution in [0.2, 0.25) is 0 Å². The molecule has 130 valence electrons. The zero-order valence-corrected chi connectivity index (χ0v) is 16.3. The van der Waals surface area contributed by atoms with Gasteiger partial charge in [0.1, 0.15) is 5.75 Å². The smallest absolute Gasteiger partial charge is 0.125 e. The molecule has 0 bridgehead atoms. The Morgan fingerprint density at radius 2 is 1.79 bits per heavy atom. The predicted octanol–water partition coefficient (Wildman–Crippen LogP) is 5.78. The Labute approximate surface area is 150 Å². The Morgan fingerprint density at radius 3 is 2.33 bits per heavy atom. The molecule has 0 saturated heterocycles. The molecule has 1 aliphatic rings. The molecule has 2 aromatic carbocycles. The number of hydrogen-bond donors (Lipinski definition) is 1. The topological polar surface area (TPSA) is 23.5 Å². The minimum absolute atomic E-state index is 0.0542. The highest BCUT2D eigenvalue weighted by Crippen LogP contribution is 2.48. The average molecular weight is 346 g/mol. The van der Waals surface area contributed by atoms with Crippen LogP contribution >= 0.6 is 11.6 Å². The summed E-state index contributed by atoms with van der Waals surface area (Å²) in [6.45, 7) is 14.0. The molecule has 0 aromatic heterocycles. The van der Waals surface area contributed by atoms with Gasteiger partial charge in [-0.05, 0) is 42.7 Å². The summed E-state index contributed by atoms with van der Waals surface area (Å²) in [5, 5.41) is 12.7. The van der Waals surface area contributed by atoms with Crippen molar-refractivity contribution in [1.29, 1.82) is 0 Å². The Hall–Kier alpha value is -1.41. The van der Waals surface area contributed by atoms with E-state index in [1.807, 2.05) is 6.07 Å². The summed E-state index contributed by atoms with van der Waals surface area (Å²) in [5.41, 5.74) is 3.79. The number of benzene rings is 2. The van der Waals surface area contributed by atoms with Gasteiger partial charge in [-0.3, -0.25) is 0 Å². The van der Waals surface area contributed by atoms with Gasteiger partial charge in [0.2, 0.25) is 0 Å². The molecular formula is C21H28ClNO. The quantitative estimate of drug-likeness (QED) is 0.697. The van der Waals surface area contributed by atoms with Crippen LogP contribution < -0.4 is 4.90 Å². The second-order valence-corrected chi connectivity index (χ2v) is 9.06. The summed E-state index contributed by atoms with van der Waals surface area (Å²) in [4.78, 5) is 2.36. The summed E-state index contributed by atoms with van der Waals surface area (Å²) in [6, 6.07) is 8.74. The molecule has 3 heteroatoms. The van der Waals surface area contributed by atoms with E-state index in [1.54, 1.807) is 0 Å². The van der Waals surface area contributed by atoms with Gasteiger partial charge in [0.15, 0.2) is 0 Å². The van der Waals surface area contributed by atoms with E-state index in [0.29, 0.717) is 11.8 Å². The molecule has 2 unspecified atom stereocenters. The van der Waals surface area contributed by atoms with Crippen LogP contribution in [0.15, 0.2) is 24.3 Å². The van der Waals surface area contributed by atoms with Gasteiger partial charge in [-0.1, -0.05) is 39.0 Å². The summed E-state index contributed by atoms with van der Waals surface area (Å²) in [5.74, 6) is 0.639. The molecule has 0 spiro atoms. The van der Waals surface area contributed by atoms with E-state index in [-0.39, 0.29) is 16.7 Å². The second-order valence-electron chi connectivity index (χ2n) is 8.37. The van der Waals surface area contributed by atoms with Crippen LogP contribution in [0.4, 0.5) is 5.69 Å². The first-order valence-corrected chi connectivity index (χ1v) is 9.25. The van der Waals surface area contributed by atoms with E-state index in [2.05, 4.69) is 64.6 Å². The maximum absolute atomic E-state index is 10.6. The van der Waals surface area contributed by atoms with Gasteiger partial charge in [-0.15, -0.1) is 11.6 Å². The molecule has 1 heterocycles. The van der Waals surface area contributed by atoms with Crippen LogP contribution in [0.25, 0.3) is 10.8 Å². The summed E-state index contributed by atoms with van der Waals surface area (Å²) >= 11 is 6.56. The van der Waals surface area contributed by atoms with Gasteiger partial charge >= 0.3 is 0 Å². The van der Waals surface area contributed by atoms with Crippen molar-refractivity contribution < 1.29 is 5.11 Å². The van der Waals surface area contributed by atoms with Crippen molar-refractivity contribution in [3.05, 3.63) is 35.4 Å². The fraction of sp³-hybridized carbons (Fsp3) is 0.524. The summed E-state index contributed by atoms with van der Waals surface area (Å²) < 4.78 is 0. The maximum Gasteiger partial charge on any atom is 0.125 e. The van der Waals surface area contributed by atoms with Crippen molar-refractivity contribution >= 4 is 28.1 Å². The van der Waals surface area contributed by atoms with Crippen LogP contribution in [0.5, 0.6) is 5.75 Å². The van der Waals surface area contributed by atoms with E-state index < -0.39 is 0 Å². The molecular weight excluding hydrogens is 318 g/mol. The second kappa shape index (κ2) is 5.84. The van der Waals surface area contributed by atoms with Crippen LogP contribution in [-0.2, 0) is 5.41 Å². The molecule has 2 atom stereocenters. The normalized spacial score (nSPS) is 19.2. The fourth-order valence-corrected chi connectivity index (χ4v) is 3.98. The number of aromatic hydroxyl groups is 1. The number of anilines is 1. The molecule has 2 nitrogen and oxygen atoms in total. The average Bonchev–Trinajstić information content (AvgIpc) is 2.86. The highest BCUT2D eigenvalue weighted by atomic mass is 35.5. The monoisotopic (exact) mass is 345 g/mol. The van der Waals surface area contributed by atoms with E-state index in [1.165, 1.54) is 11.1 Å². The van der Waals surface area contributed by atoms with Crippen LogP contribution in [0.1, 0.15) is 58.6 Å². The van der Waals surface area contributed by atoms with Crippen molar-refractivity contribution in [1.82, 2.24) is 0 Å². The number of alkyl halides is 1. The minimum Gasteiger partial charge on any atom is -0.507 e. The first-order chi connectivity index (χ1) is 11.1. The summed E-state index contributed by atoms with van der Waals surface area (Å²) in [6.07, 6.45) is 0. The predicted molar refractivity (Wildman–Crippen MR) is 105 cm³/mol. The van der Waals surface area contributed by atoms with Crippen molar-refractivity contribution in [2.24, 2.45) is 0 Å². The first-order valence-electron chi connectivity index (χ1n) is 8.82. The highest BCUT2D eigenvalue weighted by Gasteiger charge is 2.35. The largest absolute Gasteiger partial charge is 0.507 e. The fourth-order valence-electron chi connectivity index (χ4n) is 3.77. The van der Waals surface area contributed by atoms with Crippen LogP contribution in [0.3, 0.4) is 0 Å². The Bertz CT molecular complexity index is 773. The number of phenolic OH excluding ortho intramolecular Hbond substituents is 1. The molecule has 0 fully saturated rings.